The zero-order valence-corrected chi connectivity index (χ0v) is 24.9. The summed E-state index contributed by atoms with van der Waals surface area (Å²) in [5.74, 6) is -3.02. The molecule has 1 saturated carbocycles. The molecule has 3 heterocycles. The lowest BCUT2D eigenvalue weighted by atomic mass is 9.93. The predicted molar refractivity (Wildman–Crippen MR) is 157 cm³/mol. The summed E-state index contributed by atoms with van der Waals surface area (Å²) in [7, 11) is 0. The van der Waals surface area contributed by atoms with E-state index in [2.05, 4.69) is 25.4 Å². The van der Waals surface area contributed by atoms with E-state index >= 15 is 0 Å². The fourth-order valence-corrected chi connectivity index (χ4v) is 5.01. The number of ether oxygens (including phenoxy) is 2. The van der Waals surface area contributed by atoms with Gasteiger partial charge >= 0.3 is 5.97 Å². The average molecular weight is 617 g/mol. The largest absolute Gasteiger partial charge is 0.441 e. The van der Waals surface area contributed by atoms with Crippen LogP contribution in [0.3, 0.4) is 0 Å². The summed E-state index contributed by atoms with van der Waals surface area (Å²) in [6.07, 6.45) is 7.85. The Balaban J connectivity index is 1.51. The van der Waals surface area contributed by atoms with Gasteiger partial charge in [-0.15, -0.1) is 11.3 Å². The summed E-state index contributed by atoms with van der Waals surface area (Å²) in [6.45, 7) is 5.51. The molecule has 0 bridgehead atoms. The molecule has 1 amide bonds. The number of nitrogens with two attached hydrogens (primary N) is 2. The average Bonchev–Trinajstić information content (AvgIpc) is 3.65. The van der Waals surface area contributed by atoms with Crippen molar-refractivity contribution in [3.05, 3.63) is 58.8 Å². The summed E-state index contributed by atoms with van der Waals surface area (Å²) in [5, 5.41) is 8.78. The molecule has 15 heteroatoms. The highest BCUT2D eigenvalue weighted by atomic mass is 32.1. The van der Waals surface area contributed by atoms with Crippen molar-refractivity contribution in [2.45, 2.75) is 70.9 Å². The maximum absolute atomic E-state index is 14.5. The SMILES string of the molecule is CCOC1CCC(N=C/C(NC(=O)c2csc(-c3cnn(COC(=O)C(C)(C)N)c3)n2)=C(\N)c2nc(F)ccc2F)CC1. The molecule has 0 radical (unpaired) electrons. The van der Waals surface area contributed by atoms with E-state index in [9.17, 15) is 18.4 Å². The second kappa shape index (κ2) is 13.9. The number of hydrogen-bond donors (Lipinski definition) is 3. The van der Waals surface area contributed by atoms with E-state index in [0.29, 0.717) is 17.2 Å². The molecule has 0 spiro atoms. The number of rotatable bonds is 11. The Morgan fingerprint density at radius 1 is 1.23 bits per heavy atom. The fourth-order valence-electron chi connectivity index (χ4n) is 4.23. The van der Waals surface area contributed by atoms with Crippen LogP contribution in [0.1, 0.15) is 62.6 Å². The molecular formula is C28H34F2N8O4S. The number of allylic oxidation sites excluding steroid dienone is 1. The number of esters is 1. The quantitative estimate of drug-likeness (QED) is 0.166. The van der Waals surface area contributed by atoms with Crippen LogP contribution in [0.15, 0.2) is 40.6 Å². The van der Waals surface area contributed by atoms with E-state index in [4.69, 9.17) is 20.9 Å². The number of nitrogens with zero attached hydrogens (tertiary/aromatic N) is 5. The van der Waals surface area contributed by atoms with Crippen LogP contribution in [-0.4, -0.2) is 62.1 Å². The van der Waals surface area contributed by atoms with E-state index < -0.39 is 34.9 Å². The number of nitrogens with one attached hydrogen (secondary N) is 1. The molecule has 0 aliphatic heterocycles. The Bertz CT molecular complexity index is 1510. The molecule has 1 fully saturated rings. The van der Waals surface area contributed by atoms with Crippen LogP contribution < -0.4 is 16.8 Å². The van der Waals surface area contributed by atoms with Crippen molar-refractivity contribution >= 4 is 35.1 Å². The normalized spacial score (nSPS) is 18.0. The van der Waals surface area contributed by atoms with Gasteiger partial charge in [-0.05, 0) is 58.6 Å². The Kier molecular flexibility index (Phi) is 10.3. The van der Waals surface area contributed by atoms with Crippen LogP contribution >= 0.6 is 11.3 Å². The number of thiazole rings is 1. The van der Waals surface area contributed by atoms with Crippen LogP contribution in [0.25, 0.3) is 16.3 Å². The topological polar surface area (TPSA) is 173 Å². The maximum atomic E-state index is 14.5. The van der Waals surface area contributed by atoms with Crippen molar-refractivity contribution in [1.82, 2.24) is 25.1 Å². The lowest BCUT2D eigenvalue weighted by molar-refractivity contribution is -0.153. The summed E-state index contributed by atoms with van der Waals surface area (Å²) in [5.41, 5.74) is 10.6. The minimum Gasteiger partial charge on any atom is -0.441 e. The second-order valence-corrected chi connectivity index (χ2v) is 11.4. The van der Waals surface area contributed by atoms with Gasteiger partial charge < -0.3 is 26.3 Å². The minimum absolute atomic E-state index is 0.0408. The van der Waals surface area contributed by atoms with Gasteiger partial charge in [-0.2, -0.15) is 9.49 Å². The lowest BCUT2D eigenvalue weighted by Crippen LogP contribution is -2.43. The molecule has 5 N–H and O–H groups in total. The van der Waals surface area contributed by atoms with E-state index in [-0.39, 0.29) is 36.0 Å². The van der Waals surface area contributed by atoms with Crippen molar-refractivity contribution in [3.63, 3.8) is 0 Å². The van der Waals surface area contributed by atoms with Crippen LogP contribution in [0, 0.1) is 11.8 Å². The second-order valence-electron chi connectivity index (χ2n) is 10.5. The molecule has 4 rings (SSSR count). The van der Waals surface area contributed by atoms with E-state index in [1.807, 2.05) is 6.92 Å². The smallest absolute Gasteiger partial charge is 0.327 e. The van der Waals surface area contributed by atoms with Gasteiger partial charge in [-0.1, -0.05) is 0 Å². The molecule has 0 aromatic carbocycles. The molecule has 1 aliphatic carbocycles. The molecule has 3 aromatic rings. The highest BCUT2D eigenvalue weighted by molar-refractivity contribution is 7.13. The third-order valence-corrected chi connectivity index (χ3v) is 7.43. The zero-order valence-electron chi connectivity index (χ0n) is 24.0. The third kappa shape index (κ3) is 8.49. The number of hydrogen-bond acceptors (Lipinski definition) is 11. The molecule has 230 valence electrons. The number of halogens is 2. The highest BCUT2D eigenvalue weighted by Gasteiger charge is 2.24. The van der Waals surface area contributed by atoms with Gasteiger partial charge in [0.25, 0.3) is 5.91 Å². The van der Waals surface area contributed by atoms with Gasteiger partial charge in [0, 0.05) is 30.0 Å². The number of aromatic nitrogens is 4. The van der Waals surface area contributed by atoms with Gasteiger partial charge in [0.1, 0.15) is 21.9 Å². The summed E-state index contributed by atoms with van der Waals surface area (Å²) in [6, 6.07) is 1.72. The minimum atomic E-state index is -1.14. The van der Waals surface area contributed by atoms with Crippen LogP contribution in [0.2, 0.25) is 0 Å². The Morgan fingerprint density at radius 3 is 2.67 bits per heavy atom. The first-order chi connectivity index (χ1) is 20.4. The van der Waals surface area contributed by atoms with Gasteiger partial charge in [0.15, 0.2) is 12.5 Å². The van der Waals surface area contributed by atoms with Crippen molar-refractivity contribution in [1.29, 1.82) is 0 Å². The number of pyridine rings is 1. The van der Waals surface area contributed by atoms with Crippen molar-refractivity contribution in [2.24, 2.45) is 16.5 Å². The van der Waals surface area contributed by atoms with E-state index in [0.717, 1.165) is 37.8 Å². The van der Waals surface area contributed by atoms with Crippen molar-refractivity contribution in [2.75, 3.05) is 6.61 Å². The van der Waals surface area contributed by atoms with Crippen LogP contribution in [0.4, 0.5) is 8.78 Å². The Labute approximate surface area is 251 Å². The summed E-state index contributed by atoms with van der Waals surface area (Å²) < 4.78 is 40.6. The number of carbonyl (C=O) groups is 2. The molecule has 43 heavy (non-hydrogen) atoms. The molecule has 0 saturated heterocycles. The van der Waals surface area contributed by atoms with Crippen molar-refractivity contribution < 1.29 is 27.8 Å². The molecule has 0 atom stereocenters. The predicted octanol–water partition coefficient (Wildman–Crippen LogP) is 3.39. The fraction of sp³-hybridized carbons (Fsp3) is 0.429. The van der Waals surface area contributed by atoms with Gasteiger partial charge in [-0.3, -0.25) is 14.6 Å². The van der Waals surface area contributed by atoms with Crippen LogP contribution in [-0.2, 0) is 21.0 Å². The van der Waals surface area contributed by atoms with E-state index in [1.165, 1.54) is 47.7 Å². The first kappa shape index (κ1) is 31.8. The molecule has 1 aliphatic rings. The monoisotopic (exact) mass is 616 g/mol. The summed E-state index contributed by atoms with van der Waals surface area (Å²) >= 11 is 1.18. The maximum Gasteiger partial charge on any atom is 0.327 e. The van der Waals surface area contributed by atoms with Gasteiger partial charge in [0.2, 0.25) is 5.95 Å². The first-order valence-corrected chi connectivity index (χ1v) is 14.5. The third-order valence-electron chi connectivity index (χ3n) is 6.54. The number of amides is 1. The molecule has 12 nitrogen and oxygen atoms in total. The summed E-state index contributed by atoms with van der Waals surface area (Å²) in [4.78, 5) is 37.6. The first-order valence-electron chi connectivity index (χ1n) is 13.7. The van der Waals surface area contributed by atoms with Crippen LogP contribution in [0.5, 0.6) is 0 Å². The standard InChI is InChI=1S/C28H34F2N8O4S/c1-4-41-18-7-5-17(6-8-18)33-12-20(23(31)24-19(29)9-10-22(30)37-24)35-25(39)21-14-43-26(36-21)16-11-34-38(13-16)15-42-27(40)28(2,3)32/h9-14,17-18H,4-8,15,31-32H2,1-3H3,(H,35,39)/b23-20+,33-12?. The zero-order chi connectivity index (χ0) is 31.1. The highest BCUT2D eigenvalue weighted by Crippen LogP contribution is 2.25. The molecular weight excluding hydrogens is 582 g/mol. The number of carbonyl (C=O) groups excluding carboxylic acids is 2. The Hall–Kier alpha value is -4.08. The van der Waals surface area contributed by atoms with Crippen molar-refractivity contribution in [3.8, 4) is 10.6 Å². The Morgan fingerprint density at radius 2 is 1.98 bits per heavy atom. The molecule has 0 unspecified atom stereocenters. The van der Waals surface area contributed by atoms with E-state index in [1.54, 1.807) is 6.20 Å². The lowest BCUT2D eigenvalue weighted by Gasteiger charge is -2.26. The molecule has 3 aromatic heterocycles. The van der Waals surface area contributed by atoms with Gasteiger partial charge in [-0.25, -0.2) is 19.0 Å². The number of aliphatic imine (C=N–C) groups is 1. The van der Waals surface area contributed by atoms with Gasteiger partial charge in [0.05, 0.1) is 29.7 Å².